The minimum atomic E-state index is -4.49. The first-order valence-corrected chi connectivity index (χ1v) is 5.96. The van der Waals surface area contributed by atoms with E-state index in [1.165, 1.54) is 30.5 Å². The number of rotatable bonds is 3. The molecule has 0 unspecified atom stereocenters. The van der Waals surface area contributed by atoms with Gasteiger partial charge >= 0.3 is 12.1 Å². The van der Waals surface area contributed by atoms with Crippen molar-refractivity contribution in [1.29, 1.82) is 0 Å². The molecule has 2 rings (SSSR count). The van der Waals surface area contributed by atoms with Gasteiger partial charge in [-0.15, -0.1) is 0 Å². The van der Waals surface area contributed by atoms with Crippen molar-refractivity contribution < 1.29 is 22.7 Å². The summed E-state index contributed by atoms with van der Waals surface area (Å²) in [6, 6.07) is 6.54. The van der Waals surface area contributed by atoms with Gasteiger partial charge in [-0.1, -0.05) is 18.2 Å². The number of benzene rings is 1. The second-order valence-corrected chi connectivity index (χ2v) is 4.03. The molecule has 0 saturated carbocycles. The van der Waals surface area contributed by atoms with Crippen molar-refractivity contribution in [2.24, 2.45) is 0 Å². The first-order valence-electron chi connectivity index (χ1n) is 5.96. The fourth-order valence-corrected chi connectivity index (χ4v) is 1.93. The number of H-pyrrole nitrogens is 1. The SMILES string of the molecule is CCOC(=O)c1[nH]ccc1-c1ccccc1C(F)(F)F. The quantitative estimate of drug-likeness (QED) is 0.869. The van der Waals surface area contributed by atoms with Gasteiger partial charge in [0.25, 0.3) is 0 Å². The van der Waals surface area contributed by atoms with E-state index in [1.807, 2.05) is 0 Å². The van der Waals surface area contributed by atoms with Crippen LogP contribution in [0, 0.1) is 0 Å². The second-order valence-electron chi connectivity index (χ2n) is 4.03. The molecule has 1 aromatic carbocycles. The molecule has 0 spiro atoms. The zero-order chi connectivity index (χ0) is 14.8. The normalized spacial score (nSPS) is 11.4. The molecule has 0 atom stereocenters. The first kappa shape index (κ1) is 14.2. The molecule has 20 heavy (non-hydrogen) atoms. The molecule has 3 nitrogen and oxygen atoms in total. The lowest BCUT2D eigenvalue weighted by molar-refractivity contribution is -0.137. The van der Waals surface area contributed by atoms with Crippen LogP contribution >= 0.6 is 0 Å². The third-order valence-corrected chi connectivity index (χ3v) is 2.75. The van der Waals surface area contributed by atoms with Crippen molar-refractivity contribution in [3.63, 3.8) is 0 Å². The monoisotopic (exact) mass is 283 g/mol. The molecule has 0 bridgehead atoms. The van der Waals surface area contributed by atoms with Gasteiger partial charge in [0.15, 0.2) is 0 Å². The topological polar surface area (TPSA) is 42.1 Å². The average Bonchev–Trinajstić information content (AvgIpc) is 2.87. The molecular formula is C14H12F3NO2. The Hall–Kier alpha value is -2.24. The molecule has 106 valence electrons. The molecule has 0 aliphatic rings. The maximum Gasteiger partial charge on any atom is 0.417 e. The third kappa shape index (κ3) is 2.68. The van der Waals surface area contributed by atoms with Crippen LogP contribution in [-0.4, -0.2) is 17.6 Å². The Morgan fingerprint density at radius 1 is 1.20 bits per heavy atom. The van der Waals surface area contributed by atoms with Crippen LogP contribution in [0.4, 0.5) is 13.2 Å². The van der Waals surface area contributed by atoms with E-state index in [-0.39, 0.29) is 23.4 Å². The Bertz CT molecular complexity index is 617. The summed E-state index contributed by atoms with van der Waals surface area (Å²) in [5, 5.41) is 0. The fraction of sp³-hybridized carbons (Fsp3) is 0.214. The number of hydrogen-bond acceptors (Lipinski definition) is 2. The smallest absolute Gasteiger partial charge is 0.417 e. The number of carbonyl (C=O) groups is 1. The molecule has 0 aliphatic carbocycles. The lowest BCUT2D eigenvalue weighted by Gasteiger charge is -2.12. The maximum absolute atomic E-state index is 13.0. The maximum atomic E-state index is 13.0. The largest absolute Gasteiger partial charge is 0.461 e. The number of carbonyl (C=O) groups excluding carboxylic acids is 1. The average molecular weight is 283 g/mol. The van der Waals surface area contributed by atoms with Gasteiger partial charge in [0, 0.05) is 11.8 Å². The van der Waals surface area contributed by atoms with E-state index < -0.39 is 17.7 Å². The standard InChI is InChI=1S/C14H12F3NO2/c1-2-20-13(19)12-10(7-8-18-12)9-5-3-4-6-11(9)14(15,16)17/h3-8,18H,2H2,1H3. The number of hydrogen-bond donors (Lipinski definition) is 1. The Balaban J connectivity index is 2.54. The Labute approximate surface area is 113 Å². The second kappa shape index (κ2) is 5.40. The summed E-state index contributed by atoms with van der Waals surface area (Å²) in [4.78, 5) is 14.4. The first-order chi connectivity index (χ1) is 9.45. The number of alkyl halides is 3. The fourth-order valence-electron chi connectivity index (χ4n) is 1.93. The molecular weight excluding hydrogens is 271 g/mol. The van der Waals surface area contributed by atoms with Crippen molar-refractivity contribution >= 4 is 5.97 Å². The Kier molecular flexibility index (Phi) is 3.83. The summed E-state index contributed by atoms with van der Waals surface area (Å²) in [7, 11) is 0. The number of ether oxygens (including phenoxy) is 1. The van der Waals surface area contributed by atoms with E-state index >= 15 is 0 Å². The zero-order valence-corrected chi connectivity index (χ0v) is 10.6. The van der Waals surface area contributed by atoms with Crippen LogP contribution in [0.1, 0.15) is 23.0 Å². The van der Waals surface area contributed by atoms with Crippen molar-refractivity contribution in [3.8, 4) is 11.1 Å². The summed E-state index contributed by atoms with van der Waals surface area (Å²) in [5.74, 6) is -0.676. The molecule has 1 aromatic heterocycles. The van der Waals surface area contributed by atoms with Crippen LogP contribution in [0.25, 0.3) is 11.1 Å². The predicted octanol–water partition coefficient (Wildman–Crippen LogP) is 3.88. The van der Waals surface area contributed by atoms with Crippen molar-refractivity contribution in [2.75, 3.05) is 6.61 Å². The number of halogens is 3. The lowest BCUT2D eigenvalue weighted by atomic mass is 9.99. The summed E-state index contributed by atoms with van der Waals surface area (Å²) in [6.07, 6.45) is -3.07. The molecule has 1 N–H and O–H groups in total. The molecule has 6 heteroatoms. The van der Waals surface area contributed by atoms with Gasteiger partial charge in [-0.25, -0.2) is 4.79 Å². The Morgan fingerprint density at radius 3 is 2.55 bits per heavy atom. The van der Waals surface area contributed by atoms with Crippen LogP contribution in [0.2, 0.25) is 0 Å². The van der Waals surface area contributed by atoms with Crippen molar-refractivity contribution in [2.45, 2.75) is 13.1 Å². The highest BCUT2D eigenvalue weighted by Gasteiger charge is 2.34. The molecule has 1 heterocycles. The minimum absolute atomic E-state index is 0.0172. The highest BCUT2D eigenvalue weighted by Crippen LogP contribution is 2.37. The van der Waals surface area contributed by atoms with Gasteiger partial charge in [0.2, 0.25) is 0 Å². The van der Waals surface area contributed by atoms with E-state index in [1.54, 1.807) is 6.92 Å². The third-order valence-electron chi connectivity index (χ3n) is 2.75. The minimum Gasteiger partial charge on any atom is -0.461 e. The van der Waals surface area contributed by atoms with Gasteiger partial charge in [0.1, 0.15) is 5.69 Å². The predicted molar refractivity (Wildman–Crippen MR) is 67.2 cm³/mol. The van der Waals surface area contributed by atoms with Gasteiger partial charge in [-0.05, 0) is 24.6 Å². The molecule has 0 saturated heterocycles. The van der Waals surface area contributed by atoms with E-state index in [2.05, 4.69) is 4.98 Å². The highest BCUT2D eigenvalue weighted by atomic mass is 19.4. The highest BCUT2D eigenvalue weighted by molar-refractivity contribution is 5.96. The number of aromatic amines is 1. The molecule has 0 fully saturated rings. The zero-order valence-electron chi connectivity index (χ0n) is 10.6. The summed E-state index contributed by atoms with van der Waals surface area (Å²) >= 11 is 0. The molecule has 0 amide bonds. The summed E-state index contributed by atoms with van der Waals surface area (Å²) < 4.78 is 43.8. The molecule has 0 radical (unpaired) electrons. The van der Waals surface area contributed by atoms with Crippen molar-refractivity contribution in [1.82, 2.24) is 4.98 Å². The van der Waals surface area contributed by atoms with E-state index in [4.69, 9.17) is 4.74 Å². The number of esters is 1. The lowest BCUT2D eigenvalue weighted by Crippen LogP contribution is -2.10. The molecule has 0 aliphatic heterocycles. The van der Waals surface area contributed by atoms with Gasteiger partial charge in [-0.3, -0.25) is 0 Å². The van der Waals surface area contributed by atoms with E-state index in [9.17, 15) is 18.0 Å². The summed E-state index contributed by atoms with van der Waals surface area (Å²) in [6.45, 7) is 1.78. The Morgan fingerprint density at radius 2 is 1.90 bits per heavy atom. The van der Waals surface area contributed by atoms with Crippen LogP contribution in [0.5, 0.6) is 0 Å². The van der Waals surface area contributed by atoms with Crippen LogP contribution in [0.3, 0.4) is 0 Å². The summed E-state index contributed by atoms with van der Waals surface area (Å²) in [5.41, 5.74) is -0.644. The van der Waals surface area contributed by atoms with Crippen LogP contribution < -0.4 is 0 Å². The van der Waals surface area contributed by atoms with Gasteiger partial charge in [0.05, 0.1) is 12.2 Å². The van der Waals surface area contributed by atoms with Gasteiger partial charge in [-0.2, -0.15) is 13.2 Å². The number of aromatic nitrogens is 1. The molecule has 2 aromatic rings. The van der Waals surface area contributed by atoms with Crippen molar-refractivity contribution in [3.05, 3.63) is 47.8 Å². The van der Waals surface area contributed by atoms with E-state index in [0.29, 0.717) is 0 Å². The van der Waals surface area contributed by atoms with Crippen LogP contribution in [-0.2, 0) is 10.9 Å². The van der Waals surface area contributed by atoms with Crippen LogP contribution in [0.15, 0.2) is 36.5 Å². The van der Waals surface area contributed by atoms with E-state index in [0.717, 1.165) is 6.07 Å². The number of nitrogens with one attached hydrogen (secondary N) is 1. The van der Waals surface area contributed by atoms with Gasteiger partial charge < -0.3 is 9.72 Å².